The van der Waals surface area contributed by atoms with E-state index in [1.807, 2.05) is 6.26 Å². The fourth-order valence-electron chi connectivity index (χ4n) is 3.33. The van der Waals surface area contributed by atoms with E-state index in [1.165, 1.54) is 23.6 Å². The van der Waals surface area contributed by atoms with E-state index < -0.39 is 0 Å². The van der Waals surface area contributed by atoms with Gasteiger partial charge in [-0.3, -0.25) is 19.3 Å². The zero-order valence-corrected chi connectivity index (χ0v) is 13.6. The standard InChI is InChI=1S/C15H24N2O3S/c1-10(18)16-8-11-4-3-5-12(6-11)9-17-14(19)7-13(21-2)15(17)20/h11-13H,3-9H2,1-2H3,(H,16,18). The first-order valence-electron chi connectivity index (χ1n) is 7.62. The number of rotatable bonds is 5. The summed E-state index contributed by atoms with van der Waals surface area (Å²) in [5, 5.41) is 2.69. The Labute approximate surface area is 130 Å². The summed E-state index contributed by atoms with van der Waals surface area (Å²) in [7, 11) is 0. The maximum absolute atomic E-state index is 12.1. The Balaban J connectivity index is 1.86. The Morgan fingerprint density at radius 1 is 1.33 bits per heavy atom. The Bertz CT molecular complexity index is 427. The fraction of sp³-hybridized carbons (Fsp3) is 0.800. The van der Waals surface area contributed by atoms with Crippen molar-refractivity contribution in [1.29, 1.82) is 0 Å². The van der Waals surface area contributed by atoms with Gasteiger partial charge >= 0.3 is 0 Å². The summed E-state index contributed by atoms with van der Waals surface area (Å²) >= 11 is 1.46. The second-order valence-electron chi connectivity index (χ2n) is 6.11. The zero-order valence-electron chi connectivity index (χ0n) is 12.8. The minimum absolute atomic E-state index is 0.00448. The Morgan fingerprint density at radius 2 is 2.05 bits per heavy atom. The number of carbonyl (C=O) groups excluding carboxylic acids is 3. The number of nitrogens with one attached hydrogen (secondary N) is 1. The van der Waals surface area contributed by atoms with E-state index in [9.17, 15) is 14.4 Å². The molecule has 0 aromatic rings. The fourth-order valence-corrected chi connectivity index (χ4v) is 3.97. The summed E-state index contributed by atoms with van der Waals surface area (Å²) in [5.74, 6) is 0.812. The molecule has 0 spiro atoms. The predicted octanol–water partition coefficient (Wildman–Crippen LogP) is 1.42. The number of likely N-dealkylation sites (tertiary alicyclic amines) is 1. The van der Waals surface area contributed by atoms with E-state index in [1.54, 1.807) is 0 Å². The molecule has 1 saturated carbocycles. The quantitative estimate of drug-likeness (QED) is 0.780. The number of nitrogens with zero attached hydrogens (tertiary/aromatic N) is 1. The smallest absolute Gasteiger partial charge is 0.242 e. The van der Waals surface area contributed by atoms with Crippen molar-refractivity contribution in [3.8, 4) is 0 Å². The highest BCUT2D eigenvalue weighted by molar-refractivity contribution is 8.00. The van der Waals surface area contributed by atoms with E-state index in [4.69, 9.17) is 0 Å². The van der Waals surface area contributed by atoms with Gasteiger partial charge in [-0.05, 0) is 37.4 Å². The molecular weight excluding hydrogens is 288 g/mol. The van der Waals surface area contributed by atoms with Gasteiger partial charge in [-0.1, -0.05) is 6.42 Å². The first-order chi connectivity index (χ1) is 10.0. The Hall–Kier alpha value is -1.04. The molecule has 3 atom stereocenters. The number of hydrogen-bond donors (Lipinski definition) is 1. The molecule has 5 nitrogen and oxygen atoms in total. The lowest BCUT2D eigenvalue weighted by molar-refractivity contribution is -0.139. The van der Waals surface area contributed by atoms with Crippen molar-refractivity contribution in [3.05, 3.63) is 0 Å². The van der Waals surface area contributed by atoms with Gasteiger partial charge in [-0.2, -0.15) is 11.8 Å². The van der Waals surface area contributed by atoms with Crippen molar-refractivity contribution >= 4 is 29.5 Å². The Kier molecular flexibility index (Phi) is 5.67. The van der Waals surface area contributed by atoms with E-state index >= 15 is 0 Å². The molecule has 3 unspecified atom stereocenters. The summed E-state index contributed by atoms with van der Waals surface area (Å²) in [6, 6.07) is 0. The van der Waals surface area contributed by atoms with Crippen LogP contribution in [0.15, 0.2) is 0 Å². The average molecular weight is 312 g/mol. The van der Waals surface area contributed by atoms with Crippen LogP contribution in [0, 0.1) is 11.8 Å². The van der Waals surface area contributed by atoms with Gasteiger partial charge in [-0.15, -0.1) is 0 Å². The van der Waals surface area contributed by atoms with Crippen molar-refractivity contribution < 1.29 is 14.4 Å². The number of hydrogen-bond acceptors (Lipinski definition) is 4. The zero-order chi connectivity index (χ0) is 15.4. The van der Waals surface area contributed by atoms with Gasteiger partial charge < -0.3 is 5.32 Å². The minimum atomic E-state index is -0.184. The van der Waals surface area contributed by atoms with Crippen LogP contribution in [-0.2, 0) is 14.4 Å². The molecule has 6 heteroatoms. The monoisotopic (exact) mass is 312 g/mol. The van der Waals surface area contributed by atoms with E-state index in [0.717, 1.165) is 25.7 Å². The van der Waals surface area contributed by atoms with E-state index in [0.29, 0.717) is 31.3 Å². The summed E-state index contributed by atoms with van der Waals surface area (Å²) in [6.07, 6.45) is 6.51. The van der Waals surface area contributed by atoms with Crippen LogP contribution in [0.4, 0.5) is 0 Å². The van der Waals surface area contributed by atoms with Gasteiger partial charge in [0, 0.05) is 26.4 Å². The highest BCUT2D eigenvalue weighted by Crippen LogP contribution is 2.31. The van der Waals surface area contributed by atoms with Gasteiger partial charge in [0.15, 0.2) is 0 Å². The molecule has 1 heterocycles. The molecule has 0 aromatic heterocycles. The third-order valence-electron chi connectivity index (χ3n) is 4.46. The maximum atomic E-state index is 12.1. The van der Waals surface area contributed by atoms with Crippen LogP contribution < -0.4 is 5.32 Å². The molecule has 1 aliphatic heterocycles. The second kappa shape index (κ2) is 7.29. The van der Waals surface area contributed by atoms with Gasteiger partial charge in [0.2, 0.25) is 17.7 Å². The van der Waals surface area contributed by atoms with E-state index in [-0.39, 0.29) is 23.0 Å². The molecule has 0 aromatic carbocycles. The molecule has 2 aliphatic rings. The summed E-state index contributed by atoms with van der Waals surface area (Å²) in [6.45, 7) is 2.80. The van der Waals surface area contributed by atoms with Crippen molar-refractivity contribution in [3.63, 3.8) is 0 Å². The van der Waals surface area contributed by atoms with Crippen LogP contribution in [0.2, 0.25) is 0 Å². The molecule has 2 fully saturated rings. The SMILES string of the molecule is CSC1CC(=O)N(CC2CCCC(CNC(C)=O)C2)C1=O. The maximum Gasteiger partial charge on any atom is 0.242 e. The molecule has 118 valence electrons. The highest BCUT2D eigenvalue weighted by atomic mass is 32.2. The minimum Gasteiger partial charge on any atom is -0.356 e. The highest BCUT2D eigenvalue weighted by Gasteiger charge is 2.39. The largest absolute Gasteiger partial charge is 0.356 e. The molecule has 1 aliphatic carbocycles. The lowest BCUT2D eigenvalue weighted by Gasteiger charge is -2.31. The summed E-state index contributed by atoms with van der Waals surface area (Å²) < 4.78 is 0. The molecular formula is C15H24N2O3S. The lowest BCUT2D eigenvalue weighted by atomic mass is 9.81. The van der Waals surface area contributed by atoms with Crippen LogP contribution in [0.3, 0.4) is 0 Å². The molecule has 1 saturated heterocycles. The van der Waals surface area contributed by atoms with Crippen LogP contribution >= 0.6 is 11.8 Å². The first kappa shape index (κ1) is 16.3. The Morgan fingerprint density at radius 3 is 2.67 bits per heavy atom. The average Bonchev–Trinajstić information content (AvgIpc) is 2.73. The molecule has 3 amide bonds. The molecule has 1 N–H and O–H groups in total. The van der Waals surface area contributed by atoms with Crippen molar-refractivity contribution in [2.24, 2.45) is 11.8 Å². The van der Waals surface area contributed by atoms with Crippen LogP contribution in [0.25, 0.3) is 0 Å². The third kappa shape index (κ3) is 4.22. The molecule has 2 rings (SSSR count). The predicted molar refractivity (Wildman–Crippen MR) is 82.8 cm³/mol. The van der Waals surface area contributed by atoms with Gasteiger partial charge in [0.25, 0.3) is 0 Å². The summed E-state index contributed by atoms with van der Waals surface area (Å²) in [4.78, 5) is 36.6. The van der Waals surface area contributed by atoms with Crippen molar-refractivity contribution in [1.82, 2.24) is 10.2 Å². The van der Waals surface area contributed by atoms with Gasteiger partial charge in [0.1, 0.15) is 0 Å². The lowest BCUT2D eigenvalue weighted by Crippen LogP contribution is -2.38. The number of imide groups is 1. The number of amides is 3. The number of carbonyl (C=O) groups is 3. The van der Waals surface area contributed by atoms with Crippen LogP contribution in [0.1, 0.15) is 39.0 Å². The first-order valence-corrected chi connectivity index (χ1v) is 8.91. The summed E-state index contributed by atoms with van der Waals surface area (Å²) in [5.41, 5.74) is 0. The van der Waals surface area contributed by atoms with Crippen molar-refractivity contribution in [2.75, 3.05) is 19.3 Å². The van der Waals surface area contributed by atoms with Crippen molar-refractivity contribution in [2.45, 2.75) is 44.3 Å². The molecule has 0 bridgehead atoms. The van der Waals surface area contributed by atoms with Gasteiger partial charge in [0.05, 0.1) is 5.25 Å². The topological polar surface area (TPSA) is 66.5 Å². The van der Waals surface area contributed by atoms with Gasteiger partial charge in [-0.25, -0.2) is 0 Å². The van der Waals surface area contributed by atoms with Crippen LogP contribution in [0.5, 0.6) is 0 Å². The molecule has 21 heavy (non-hydrogen) atoms. The third-order valence-corrected chi connectivity index (χ3v) is 5.40. The molecule has 0 radical (unpaired) electrons. The second-order valence-corrected chi connectivity index (χ2v) is 7.15. The van der Waals surface area contributed by atoms with Crippen LogP contribution in [-0.4, -0.2) is 47.2 Å². The number of thioether (sulfide) groups is 1. The normalized spacial score (nSPS) is 29.8. The van der Waals surface area contributed by atoms with E-state index in [2.05, 4.69) is 5.32 Å².